The number of amides is 2. The highest BCUT2D eigenvalue weighted by Crippen LogP contribution is 2.09. The Hall–Kier alpha value is -2.37. The van der Waals surface area contributed by atoms with E-state index in [9.17, 15) is 9.59 Å². The summed E-state index contributed by atoms with van der Waals surface area (Å²) in [5.74, 6) is 0.00709. The van der Waals surface area contributed by atoms with Crippen molar-refractivity contribution in [3.8, 4) is 0 Å². The molecule has 0 aliphatic heterocycles. The van der Waals surface area contributed by atoms with Gasteiger partial charge in [-0.3, -0.25) is 9.59 Å². The molecule has 0 aliphatic rings. The Balaban J connectivity index is 0.00000420. The molecule has 0 spiro atoms. The van der Waals surface area contributed by atoms with Gasteiger partial charge in [-0.2, -0.15) is 0 Å². The number of nitrogens with zero attached hydrogens (tertiary/aromatic N) is 1. The minimum Gasteiger partial charge on any atom is -0.344 e. The van der Waals surface area contributed by atoms with E-state index in [1.165, 1.54) is 0 Å². The predicted octanol–water partition coefficient (Wildman–Crippen LogP) is 3.28. The van der Waals surface area contributed by atoms with Crippen LogP contribution in [0.1, 0.15) is 36.2 Å². The SMILES string of the molecule is CC(C)C(N)CCN(C)C(=O)C(Cc1ccccc1)NC(=O)c1ccccc1.Cl. The summed E-state index contributed by atoms with van der Waals surface area (Å²) in [5.41, 5.74) is 7.65. The summed E-state index contributed by atoms with van der Waals surface area (Å²) in [6.07, 6.45) is 1.17. The second-order valence-corrected chi connectivity index (χ2v) is 7.54. The molecule has 0 radical (unpaired) electrons. The lowest BCUT2D eigenvalue weighted by molar-refractivity contribution is -0.132. The molecule has 158 valence electrons. The van der Waals surface area contributed by atoms with Crippen molar-refractivity contribution in [3.05, 3.63) is 71.8 Å². The Kier molecular flexibility index (Phi) is 10.4. The minimum atomic E-state index is -0.629. The van der Waals surface area contributed by atoms with Gasteiger partial charge in [0.2, 0.25) is 5.91 Å². The second-order valence-electron chi connectivity index (χ2n) is 7.54. The zero-order valence-corrected chi connectivity index (χ0v) is 18.2. The Morgan fingerprint density at radius 1 is 1.00 bits per heavy atom. The van der Waals surface area contributed by atoms with Gasteiger partial charge in [0.05, 0.1) is 0 Å². The van der Waals surface area contributed by atoms with Gasteiger partial charge in [-0.25, -0.2) is 0 Å². The summed E-state index contributed by atoms with van der Waals surface area (Å²) < 4.78 is 0. The zero-order valence-electron chi connectivity index (χ0n) is 17.4. The molecular formula is C23H32ClN3O2. The van der Waals surface area contributed by atoms with Crippen molar-refractivity contribution in [3.63, 3.8) is 0 Å². The van der Waals surface area contributed by atoms with Gasteiger partial charge in [0.1, 0.15) is 6.04 Å². The summed E-state index contributed by atoms with van der Waals surface area (Å²) in [5, 5.41) is 2.91. The van der Waals surface area contributed by atoms with Crippen LogP contribution in [0.3, 0.4) is 0 Å². The molecule has 2 unspecified atom stereocenters. The van der Waals surface area contributed by atoms with Gasteiger partial charge in [0.15, 0.2) is 0 Å². The summed E-state index contributed by atoms with van der Waals surface area (Å²) in [7, 11) is 1.77. The maximum atomic E-state index is 13.1. The van der Waals surface area contributed by atoms with Gasteiger partial charge in [-0.1, -0.05) is 62.4 Å². The maximum Gasteiger partial charge on any atom is 0.251 e. The summed E-state index contributed by atoms with van der Waals surface area (Å²) in [6, 6.07) is 18.1. The van der Waals surface area contributed by atoms with Crippen LogP contribution in [-0.4, -0.2) is 42.4 Å². The number of halogens is 1. The van der Waals surface area contributed by atoms with Crippen LogP contribution in [0.5, 0.6) is 0 Å². The average molecular weight is 418 g/mol. The quantitative estimate of drug-likeness (QED) is 0.657. The topological polar surface area (TPSA) is 75.4 Å². The number of rotatable bonds is 9. The third-order valence-corrected chi connectivity index (χ3v) is 4.95. The highest BCUT2D eigenvalue weighted by molar-refractivity contribution is 5.97. The van der Waals surface area contributed by atoms with Gasteiger partial charge >= 0.3 is 0 Å². The van der Waals surface area contributed by atoms with E-state index in [1.54, 1.807) is 24.1 Å². The van der Waals surface area contributed by atoms with Crippen molar-refractivity contribution in [2.45, 2.75) is 38.8 Å². The highest BCUT2D eigenvalue weighted by atomic mass is 35.5. The van der Waals surface area contributed by atoms with Crippen molar-refractivity contribution in [2.75, 3.05) is 13.6 Å². The van der Waals surface area contributed by atoms with Crippen LogP contribution in [0.25, 0.3) is 0 Å². The number of hydrogen-bond donors (Lipinski definition) is 2. The van der Waals surface area contributed by atoms with Crippen LogP contribution in [0.2, 0.25) is 0 Å². The smallest absolute Gasteiger partial charge is 0.251 e. The second kappa shape index (κ2) is 12.2. The first kappa shape index (κ1) is 24.7. The fourth-order valence-electron chi connectivity index (χ4n) is 2.93. The third kappa shape index (κ3) is 7.87. The number of carbonyl (C=O) groups is 2. The molecule has 2 atom stereocenters. The molecule has 6 heteroatoms. The molecule has 29 heavy (non-hydrogen) atoms. The van der Waals surface area contributed by atoms with E-state index < -0.39 is 6.04 Å². The van der Waals surface area contributed by atoms with Crippen molar-refractivity contribution in [2.24, 2.45) is 11.7 Å². The number of likely N-dealkylation sites (N-methyl/N-ethyl adjacent to an activating group) is 1. The Morgan fingerprint density at radius 3 is 2.10 bits per heavy atom. The molecular weight excluding hydrogens is 386 g/mol. The Labute approximate surface area is 180 Å². The zero-order chi connectivity index (χ0) is 20.5. The number of nitrogens with one attached hydrogen (secondary N) is 1. The minimum absolute atomic E-state index is 0. The molecule has 0 aromatic heterocycles. The van der Waals surface area contributed by atoms with E-state index >= 15 is 0 Å². The summed E-state index contributed by atoms with van der Waals surface area (Å²) in [6.45, 7) is 4.71. The van der Waals surface area contributed by atoms with Crippen molar-refractivity contribution < 1.29 is 9.59 Å². The van der Waals surface area contributed by atoms with Crippen LogP contribution < -0.4 is 11.1 Å². The van der Waals surface area contributed by atoms with Crippen molar-refractivity contribution >= 4 is 24.2 Å². The average Bonchev–Trinajstić information content (AvgIpc) is 2.71. The molecule has 0 aliphatic carbocycles. The van der Waals surface area contributed by atoms with Gasteiger partial charge in [0.25, 0.3) is 5.91 Å². The van der Waals surface area contributed by atoms with E-state index in [0.717, 1.165) is 12.0 Å². The van der Waals surface area contributed by atoms with Crippen LogP contribution in [0.4, 0.5) is 0 Å². The molecule has 2 aromatic carbocycles. The van der Waals surface area contributed by atoms with Gasteiger partial charge in [0, 0.05) is 31.6 Å². The van der Waals surface area contributed by atoms with Crippen molar-refractivity contribution in [1.29, 1.82) is 0 Å². The number of benzene rings is 2. The lowest BCUT2D eigenvalue weighted by atomic mass is 10.0. The number of carbonyl (C=O) groups excluding carboxylic acids is 2. The lowest BCUT2D eigenvalue weighted by Gasteiger charge is -2.26. The largest absolute Gasteiger partial charge is 0.344 e. The molecule has 0 fully saturated rings. The summed E-state index contributed by atoms with van der Waals surface area (Å²) in [4.78, 5) is 27.4. The molecule has 0 saturated carbocycles. The van der Waals surface area contributed by atoms with Crippen LogP contribution >= 0.6 is 12.4 Å². The molecule has 2 amide bonds. The van der Waals surface area contributed by atoms with E-state index in [4.69, 9.17) is 5.73 Å². The van der Waals surface area contributed by atoms with Gasteiger partial charge in [-0.15, -0.1) is 12.4 Å². The fourth-order valence-corrected chi connectivity index (χ4v) is 2.93. The third-order valence-electron chi connectivity index (χ3n) is 4.95. The van der Waals surface area contributed by atoms with Gasteiger partial charge < -0.3 is 16.0 Å². The first-order valence-electron chi connectivity index (χ1n) is 9.79. The van der Waals surface area contributed by atoms with E-state index in [-0.39, 0.29) is 30.3 Å². The monoisotopic (exact) mass is 417 g/mol. The van der Waals surface area contributed by atoms with Crippen LogP contribution in [0.15, 0.2) is 60.7 Å². The molecule has 0 bridgehead atoms. The van der Waals surface area contributed by atoms with Gasteiger partial charge in [-0.05, 0) is 30.0 Å². The molecule has 2 rings (SSSR count). The Morgan fingerprint density at radius 2 is 1.55 bits per heavy atom. The Bertz CT molecular complexity index is 753. The van der Waals surface area contributed by atoms with Crippen LogP contribution in [0, 0.1) is 5.92 Å². The van der Waals surface area contributed by atoms with E-state index in [0.29, 0.717) is 24.4 Å². The lowest BCUT2D eigenvalue weighted by Crippen LogP contribution is -2.49. The standard InChI is InChI=1S/C23H31N3O2.ClH/c1-17(2)20(24)14-15-26(3)23(28)21(16-18-10-6-4-7-11-18)25-22(27)19-12-8-5-9-13-19;/h4-13,17,20-21H,14-16,24H2,1-3H3,(H,25,27);1H. The first-order chi connectivity index (χ1) is 13.4. The number of nitrogens with two attached hydrogens (primary N) is 1. The van der Waals surface area contributed by atoms with Crippen molar-refractivity contribution in [1.82, 2.24) is 10.2 Å². The first-order valence-corrected chi connectivity index (χ1v) is 9.79. The molecule has 5 nitrogen and oxygen atoms in total. The maximum absolute atomic E-state index is 13.1. The van der Waals surface area contributed by atoms with Crippen LogP contribution in [-0.2, 0) is 11.2 Å². The molecule has 0 heterocycles. The highest BCUT2D eigenvalue weighted by Gasteiger charge is 2.25. The molecule has 3 N–H and O–H groups in total. The predicted molar refractivity (Wildman–Crippen MR) is 120 cm³/mol. The van der Waals surface area contributed by atoms with E-state index in [2.05, 4.69) is 19.2 Å². The molecule has 0 saturated heterocycles. The fraction of sp³-hybridized carbons (Fsp3) is 0.391. The van der Waals surface area contributed by atoms with E-state index in [1.807, 2.05) is 48.5 Å². The number of hydrogen-bond acceptors (Lipinski definition) is 3. The molecule has 2 aromatic rings. The summed E-state index contributed by atoms with van der Waals surface area (Å²) >= 11 is 0. The normalized spacial score (nSPS) is 12.6.